The molecule has 0 spiro atoms. The summed E-state index contributed by atoms with van der Waals surface area (Å²) < 4.78 is 0. The van der Waals surface area contributed by atoms with E-state index in [2.05, 4.69) is 17.1 Å². The lowest BCUT2D eigenvalue weighted by atomic mass is 9.92. The molecule has 2 heterocycles. The van der Waals surface area contributed by atoms with Crippen LogP contribution in [0.5, 0.6) is 5.75 Å². The van der Waals surface area contributed by atoms with Gasteiger partial charge in [0.2, 0.25) is 5.91 Å². The lowest BCUT2D eigenvalue weighted by Gasteiger charge is -2.40. The first-order chi connectivity index (χ1) is 10.6. The number of carbonyl (C=O) groups excluding carboxylic acids is 1. The van der Waals surface area contributed by atoms with Crippen LogP contribution < -0.4 is 10.2 Å². The highest BCUT2D eigenvalue weighted by atomic mass is 16.3. The Kier molecular flexibility index (Phi) is 4.25. The minimum absolute atomic E-state index is 0.276. The number of rotatable bonds is 3. The van der Waals surface area contributed by atoms with Crippen molar-refractivity contribution in [3.05, 3.63) is 24.3 Å². The molecule has 1 aromatic carbocycles. The predicted molar refractivity (Wildman–Crippen MR) is 87.2 cm³/mol. The number of benzene rings is 1. The Bertz CT molecular complexity index is 515. The number of phenolic OH excluding ortho intramolecular Hbond substituents is 1. The number of hydrogen-bond acceptors (Lipinski definition) is 4. The molecule has 0 radical (unpaired) electrons. The van der Waals surface area contributed by atoms with Crippen molar-refractivity contribution in [1.29, 1.82) is 0 Å². The summed E-state index contributed by atoms with van der Waals surface area (Å²) in [6.45, 7) is 6.27. The van der Waals surface area contributed by atoms with E-state index in [1.54, 1.807) is 12.1 Å². The minimum Gasteiger partial charge on any atom is -0.508 e. The third kappa shape index (κ3) is 2.77. The van der Waals surface area contributed by atoms with Crippen molar-refractivity contribution in [3.8, 4) is 5.75 Å². The summed E-state index contributed by atoms with van der Waals surface area (Å²) in [5, 5.41) is 12.8. The molecule has 2 saturated heterocycles. The number of carbonyl (C=O) groups is 1. The number of phenols is 1. The fourth-order valence-electron chi connectivity index (χ4n) is 3.58. The first-order valence-electron chi connectivity index (χ1n) is 8.23. The number of amides is 1. The maximum atomic E-state index is 12.9. The fourth-order valence-corrected chi connectivity index (χ4v) is 3.58. The maximum absolute atomic E-state index is 12.9. The van der Waals surface area contributed by atoms with Crippen molar-refractivity contribution >= 4 is 11.6 Å². The highest BCUT2D eigenvalue weighted by molar-refractivity contribution is 5.87. The van der Waals surface area contributed by atoms with Crippen molar-refractivity contribution in [2.24, 2.45) is 0 Å². The summed E-state index contributed by atoms with van der Waals surface area (Å²) in [6, 6.07) is 7.28. The highest BCUT2D eigenvalue weighted by Gasteiger charge is 2.42. The predicted octanol–water partition coefficient (Wildman–Crippen LogP) is 1.57. The largest absolute Gasteiger partial charge is 0.508 e. The topological polar surface area (TPSA) is 55.8 Å². The van der Waals surface area contributed by atoms with Gasteiger partial charge in [0.05, 0.1) is 5.54 Å². The van der Waals surface area contributed by atoms with E-state index in [4.69, 9.17) is 0 Å². The van der Waals surface area contributed by atoms with Gasteiger partial charge in [0, 0.05) is 31.9 Å². The van der Waals surface area contributed by atoms with Crippen molar-refractivity contribution in [2.75, 3.05) is 37.6 Å². The smallest absolute Gasteiger partial charge is 0.242 e. The van der Waals surface area contributed by atoms with Crippen LogP contribution in [0.4, 0.5) is 5.69 Å². The lowest BCUT2D eigenvalue weighted by molar-refractivity contribution is -0.138. The van der Waals surface area contributed by atoms with E-state index in [1.165, 1.54) is 0 Å². The van der Waals surface area contributed by atoms with E-state index in [-0.39, 0.29) is 17.2 Å². The van der Waals surface area contributed by atoms with Crippen LogP contribution in [0.25, 0.3) is 0 Å². The molecule has 120 valence electrons. The zero-order valence-corrected chi connectivity index (χ0v) is 13.2. The molecule has 0 bridgehead atoms. The Morgan fingerprint density at radius 3 is 2.45 bits per heavy atom. The quantitative estimate of drug-likeness (QED) is 0.890. The van der Waals surface area contributed by atoms with Crippen LogP contribution in [0.2, 0.25) is 0 Å². The summed E-state index contributed by atoms with van der Waals surface area (Å²) in [6.07, 6.45) is 2.91. The maximum Gasteiger partial charge on any atom is 0.242 e. The number of anilines is 1. The molecular formula is C17H25N3O2. The van der Waals surface area contributed by atoms with E-state index in [9.17, 15) is 9.90 Å². The average molecular weight is 303 g/mol. The molecule has 5 heteroatoms. The second kappa shape index (κ2) is 6.16. The van der Waals surface area contributed by atoms with Gasteiger partial charge in [-0.2, -0.15) is 0 Å². The summed E-state index contributed by atoms with van der Waals surface area (Å²) >= 11 is 0. The standard InChI is InChI=1S/C17H25N3O2/c1-2-17(8-3-9-18-17)16(22)20-12-10-19(11-13-20)14-4-6-15(21)7-5-14/h4-7,18,21H,2-3,8-13H2,1H3. The van der Waals surface area contributed by atoms with E-state index >= 15 is 0 Å². The molecule has 1 amide bonds. The first kappa shape index (κ1) is 15.2. The number of nitrogens with one attached hydrogen (secondary N) is 1. The van der Waals surface area contributed by atoms with Crippen LogP contribution in [0.1, 0.15) is 26.2 Å². The van der Waals surface area contributed by atoms with Gasteiger partial charge >= 0.3 is 0 Å². The molecule has 22 heavy (non-hydrogen) atoms. The van der Waals surface area contributed by atoms with E-state index in [0.29, 0.717) is 0 Å². The van der Waals surface area contributed by atoms with Crippen molar-refractivity contribution in [1.82, 2.24) is 10.2 Å². The molecule has 2 aliphatic rings. The zero-order chi connectivity index (χ0) is 15.6. The molecule has 5 nitrogen and oxygen atoms in total. The molecule has 3 rings (SSSR count). The second-order valence-electron chi connectivity index (χ2n) is 6.26. The van der Waals surface area contributed by atoms with Gasteiger partial charge in [0.25, 0.3) is 0 Å². The van der Waals surface area contributed by atoms with Gasteiger partial charge in [-0.15, -0.1) is 0 Å². The fraction of sp³-hybridized carbons (Fsp3) is 0.588. The summed E-state index contributed by atoms with van der Waals surface area (Å²) in [7, 11) is 0. The Morgan fingerprint density at radius 2 is 1.91 bits per heavy atom. The average Bonchev–Trinajstić information content (AvgIpc) is 3.05. The van der Waals surface area contributed by atoms with Gasteiger partial charge in [-0.3, -0.25) is 4.79 Å². The Balaban J connectivity index is 1.61. The van der Waals surface area contributed by atoms with Crippen LogP contribution in [0.3, 0.4) is 0 Å². The van der Waals surface area contributed by atoms with Crippen LogP contribution >= 0.6 is 0 Å². The van der Waals surface area contributed by atoms with Gasteiger partial charge in [0.15, 0.2) is 0 Å². The van der Waals surface area contributed by atoms with Gasteiger partial charge in [0.1, 0.15) is 5.75 Å². The van der Waals surface area contributed by atoms with Crippen LogP contribution in [-0.2, 0) is 4.79 Å². The van der Waals surface area contributed by atoms with Crippen LogP contribution in [-0.4, -0.2) is 54.2 Å². The van der Waals surface area contributed by atoms with Crippen LogP contribution in [0, 0.1) is 0 Å². The molecule has 1 unspecified atom stereocenters. The number of nitrogens with zero attached hydrogens (tertiary/aromatic N) is 2. The highest BCUT2D eigenvalue weighted by Crippen LogP contribution is 2.27. The monoisotopic (exact) mass is 303 g/mol. The SMILES string of the molecule is CCC1(C(=O)N2CCN(c3ccc(O)cc3)CC2)CCCN1. The third-order valence-electron chi connectivity index (χ3n) is 5.04. The van der Waals surface area contributed by atoms with Gasteiger partial charge in [-0.25, -0.2) is 0 Å². The number of aromatic hydroxyl groups is 1. The van der Waals surface area contributed by atoms with Crippen molar-refractivity contribution < 1.29 is 9.90 Å². The molecule has 2 aliphatic heterocycles. The van der Waals surface area contributed by atoms with E-state index in [1.807, 2.05) is 17.0 Å². The van der Waals surface area contributed by atoms with Gasteiger partial charge in [-0.1, -0.05) is 6.92 Å². The van der Waals surface area contributed by atoms with Crippen molar-refractivity contribution in [3.63, 3.8) is 0 Å². The lowest BCUT2D eigenvalue weighted by Crippen LogP contribution is -2.59. The Labute approximate surface area is 131 Å². The molecule has 2 fully saturated rings. The molecule has 1 atom stereocenters. The van der Waals surface area contributed by atoms with Crippen molar-refractivity contribution in [2.45, 2.75) is 31.7 Å². The minimum atomic E-state index is -0.319. The third-order valence-corrected chi connectivity index (χ3v) is 5.04. The number of piperazine rings is 1. The second-order valence-corrected chi connectivity index (χ2v) is 6.26. The first-order valence-corrected chi connectivity index (χ1v) is 8.23. The van der Waals surface area contributed by atoms with Gasteiger partial charge in [-0.05, 0) is 50.1 Å². The van der Waals surface area contributed by atoms with E-state index < -0.39 is 0 Å². The van der Waals surface area contributed by atoms with Gasteiger partial charge < -0.3 is 20.2 Å². The van der Waals surface area contributed by atoms with E-state index in [0.717, 1.165) is 57.7 Å². The molecule has 2 N–H and O–H groups in total. The summed E-state index contributed by atoms with van der Waals surface area (Å²) in [5.74, 6) is 0.563. The number of hydrogen-bond donors (Lipinski definition) is 2. The normalized spacial score (nSPS) is 25.5. The summed E-state index contributed by atoms with van der Waals surface area (Å²) in [5.41, 5.74) is 0.787. The molecule has 0 aliphatic carbocycles. The zero-order valence-electron chi connectivity index (χ0n) is 13.2. The molecular weight excluding hydrogens is 278 g/mol. The Hall–Kier alpha value is -1.75. The molecule has 0 saturated carbocycles. The molecule has 0 aromatic heterocycles. The van der Waals surface area contributed by atoms with Crippen LogP contribution in [0.15, 0.2) is 24.3 Å². The molecule has 1 aromatic rings. The summed E-state index contributed by atoms with van der Waals surface area (Å²) in [4.78, 5) is 17.1. The Morgan fingerprint density at radius 1 is 1.23 bits per heavy atom.